The summed E-state index contributed by atoms with van der Waals surface area (Å²) in [5.74, 6) is 0.173. The van der Waals surface area contributed by atoms with Crippen LogP contribution in [-0.4, -0.2) is 30.1 Å². The smallest absolute Gasteiger partial charge is 0.254 e. The largest absolute Gasteiger partial charge is 0.340 e. The van der Waals surface area contributed by atoms with Gasteiger partial charge in [0.15, 0.2) is 0 Å². The molecule has 4 heteroatoms. The van der Waals surface area contributed by atoms with Crippen molar-refractivity contribution in [1.82, 2.24) is 15.5 Å². The number of benzene rings is 2. The van der Waals surface area contributed by atoms with E-state index in [-0.39, 0.29) is 24.2 Å². The predicted octanol–water partition coefficient (Wildman–Crippen LogP) is 2.61. The summed E-state index contributed by atoms with van der Waals surface area (Å²) >= 11 is 0. The number of carbonyl (C=O) groups excluding carboxylic acids is 1. The number of hydrogen-bond donors (Lipinski definition) is 2. The first-order valence-electron chi connectivity index (χ1n) is 8.74. The second-order valence-corrected chi connectivity index (χ2v) is 6.58. The third-order valence-corrected chi connectivity index (χ3v) is 5.01. The summed E-state index contributed by atoms with van der Waals surface area (Å²) in [4.78, 5) is 14.8. The van der Waals surface area contributed by atoms with Crippen LogP contribution in [0.5, 0.6) is 0 Å². The van der Waals surface area contributed by atoms with E-state index in [1.165, 1.54) is 11.1 Å². The first-order chi connectivity index (χ1) is 11.8. The van der Waals surface area contributed by atoms with Crippen molar-refractivity contribution in [3.63, 3.8) is 0 Å². The van der Waals surface area contributed by atoms with Gasteiger partial charge < -0.3 is 4.90 Å². The molecule has 24 heavy (non-hydrogen) atoms. The second-order valence-electron chi connectivity index (χ2n) is 6.58. The molecule has 0 aliphatic carbocycles. The standard InChI is InChI=1S/C20H23N3O/c24-20(23-13-7-8-14-23)19-21-17(15-9-3-1-4-10-15)18(22-19)16-11-5-2-6-12-16/h1-6,9-12,17-19,21-22H,7-8,13-14H2/t17-,18-/m1/s1. The molecule has 0 spiro atoms. The number of hydrogen-bond acceptors (Lipinski definition) is 3. The maximum atomic E-state index is 12.8. The normalized spacial score (nSPS) is 24.4. The van der Waals surface area contributed by atoms with Gasteiger partial charge in [-0.05, 0) is 24.0 Å². The number of carbonyl (C=O) groups is 1. The SMILES string of the molecule is O=C(C1N[C@H](c2ccccc2)[C@@H](c2ccccc2)N1)N1CCCC1. The second kappa shape index (κ2) is 6.75. The Labute approximate surface area is 142 Å². The Bertz CT molecular complexity index is 635. The first kappa shape index (κ1) is 15.4. The number of nitrogens with one attached hydrogen (secondary N) is 2. The van der Waals surface area contributed by atoms with Gasteiger partial charge in [0.2, 0.25) is 0 Å². The van der Waals surface area contributed by atoms with E-state index in [2.05, 4.69) is 59.2 Å². The Hall–Kier alpha value is -2.17. The van der Waals surface area contributed by atoms with Crippen LogP contribution in [0.4, 0.5) is 0 Å². The van der Waals surface area contributed by atoms with Gasteiger partial charge in [0.05, 0.1) is 12.1 Å². The van der Waals surface area contributed by atoms with Crippen molar-refractivity contribution in [1.29, 1.82) is 0 Å². The summed E-state index contributed by atoms with van der Waals surface area (Å²) in [5, 5.41) is 7.06. The fourth-order valence-corrected chi connectivity index (χ4v) is 3.76. The van der Waals surface area contributed by atoms with Crippen LogP contribution in [0.2, 0.25) is 0 Å². The van der Waals surface area contributed by atoms with Crippen LogP contribution in [0.3, 0.4) is 0 Å². The minimum Gasteiger partial charge on any atom is -0.340 e. The predicted molar refractivity (Wildman–Crippen MR) is 94.2 cm³/mol. The van der Waals surface area contributed by atoms with Gasteiger partial charge in [0, 0.05) is 13.1 Å². The molecule has 2 heterocycles. The minimum absolute atomic E-state index is 0.0881. The maximum Gasteiger partial charge on any atom is 0.254 e. The first-order valence-corrected chi connectivity index (χ1v) is 8.74. The highest BCUT2D eigenvalue weighted by Gasteiger charge is 2.40. The molecule has 2 aromatic rings. The highest BCUT2D eigenvalue weighted by atomic mass is 16.2. The fraction of sp³-hybridized carbons (Fsp3) is 0.350. The Morgan fingerprint density at radius 2 is 1.25 bits per heavy atom. The van der Waals surface area contributed by atoms with Crippen molar-refractivity contribution < 1.29 is 4.79 Å². The zero-order chi connectivity index (χ0) is 16.4. The van der Waals surface area contributed by atoms with Crippen LogP contribution in [0.15, 0.2) is 60.7 Å². The number of rotatable bonds is 3. The summed E-state index contributed by atoms with van der Waals surface area (Å²) in [7, 11) is 0. The molecule has 2 aliphatic heterocycles. The van der Waals surface area contributed by atoms with Crippen LogP contribution in [0, 0.1) is 0 Å². The third-order valence-electron chi connectivity index (χ3n) is 5.01. The van der Waals surface area contributed by atoms with Crippen molar-refractivity contribution in [2.24, 2.45) is 0 Å². The van der Waals surface area contributed by atoms with Gasteiger partial charge in [-0.25, -0.2) is 0 Å². The van der Waals surface area contributed by atoms with Crippen LogP contribution in [0.25, 0.3) is 0 Å². The Morgan fingerprint density at radius 1 is 0.792 bits per heavy atom. The molecule has 0 bridgehead atoms. The maximum absolute atomic E-state index is 12.8. The molecule has 0 saturated carbocycles. The third kappa shape index (κ3) is 2.95. The molecule has 4 rings (SSSR count). The average Bonchev–Trinajstić information content (AvgIpc) is 3.33. The van der Waals surface area contributed by atoms with Crippen molar-refractivity contribution in [3.05, 3.63) is 71.8 Å². The van der Waals surface area contributed by atoms with E-state index in [4.69, 9.17) is 0 Å². The average molecular weight is 321 g/mol. The van der Waals surface area contributed by atoms with Gasteiger partial charge >= 0.3 is 0 Å². The van der Waals surface area contributed by atoms with Gasteiger partial charge in [-0.1, -0.05) is 60.7 Å². The van der Waals surface area contributed by atoms with E-state index in [1.54, 1.807) is 0 Å². The van der Waals surface area contributed by atoms with Crippen LogP contribution < -0.4 is 10.6 Å². The zero-order valence-corrected chi connectivity index (χ0v) is 13.7. The highest BCUT2D eigenvalue weighted by Crippen LogP contribution is 2.34. The van der Waals surface area contributed by atoms with Crippen molar-refractivity contribution in [2.45, 2.75) is 31.1 Å². The van der Waals surface area contributed by atoms with Gasteiger partial charge in [0.25, 0.3) is 5.91 Å². The van der Waals surface area contributed by atoms with Crippen molar-refractivity contribution in [3.8, 4) is 0 Å². The van der Waals surface area contributed by atoms with E-state index in [1.807, 2.05) is 17.0 Å². The summed E-state index contributed by atoms with van der Waals surface area (Å²) < 4.78 is 0. The number of amides is 1. The lowest BCUT2D eigenvalue weighted by molar-refractivity contribution is -0.132. The Morgan fingerprint density at radius 3 is 1.71 bits per heavy atom. The molecule has 2 atom stereocenters. The van der Waals surface area contributed by atoms with Crippen molar-refractivity contribution >= 4 is 5.91 Å². The molecule has 2 fully saturated rings. The van der Waals surface area contributed by atoms with E-state index in [0.717, 1.165) is 25.9 Å². The highest BCUT2D eigenvalue weighted by molar-refractivity contribution is 5.82. The number of nitrogens with zero attached hydrogens (tertiary/aromatic N) is 1. The topological polar surface area (TPSA) is 44.4 Å². The lowest BCUT2D eigenvalue weighted by atomic mass is 9.95. The zero-order valence-electron chi connectivity index (χ0n) is 13.7. The van der Waals surface area contributed by atoms with Gasteiger partial charge in [-0.15, -0.1) is 0 Å². The van der Waals surface area contributed by atoms with Crippen molar-refractivity contribution in [2.75, 3.05) is 13.1 Å². The van der Waals surface area contributed by atoms with Gasteiger partial charge in [0.1, 0.15) is 6.17 Å². The molecule has 0 unspecified atom stereocenters. The van der Waals surface area contributed by atoms with Gasteiger partial charge in [-0.3, -0.25) is 15.4 Å². The number of likely N-dealkylation sites (tertiary alicyclic amines) is 1. The molecule has 2 aliphatic rings. The van der Waals surface area contributed by atoms with Crippen LogP contribution in [0.1, 0.15) is 36.1 Å². The van der Waals surface area contributed by atoms with Crippen LogP contribution in [-0.2, 0) is 4.79 Å². The van der Waals surface area contributed by atoms with E-state index in [9.17, 15) is 4.79 Å². The van der Waals surface area contributed by atoms with E-state index in [0.29, 0.717) is 0 Å². The summed E-state index contributed by atoms with van der Waals surface area (Å²) in [6.45, 7) is 1.76. The Balaban J connectivity index is 1.61. The molecule has 4 nitrogen and oxygen atoms in total. The summed E-state index contributed by atoms with van der Waals surface area (Å²) in [6.07, 6.45) is 1.91. The quantitative estimate of drug-likeness (QED) is 0.913. The fourth-order valence-electron chi connectivity index (χ4n) is 3.76. The lowest BCUT2D eigenvalue weighted by Gasteiger charge is -2.20. The Kier molecular flexibility index (Phi) is 4.32. The molecule has 0 aromatic heterocycles. The lowest BCUT2D eigenvalue weighted by Crippen LogP contribution is -2.48. The molecule has 0 radical (unpaired) electrons. The molecular weight excluding hydrogens is 298 g/mol. The minimum atomic E-state index is -0.321. The molecular formula is C20H23N3O. The van der Waals surface area contributed by atoms with Gasteiger partial charge in [-0.2, -0.15) is 0 Å². The molecule has 2 saturated heterocycles. The summed E-state index contributed by atoms with van der Waals surface area (Å²) in [5.41, 5.74) is 2.41. The summed E-state index contributed by atoms with van der Waals surface area (Å²) in [6, 6.07) is 20.9. The molecule has 1 amide bonds. The van der Waals surface area contributed by atoms with Crippen LogP contribution >= 0.6 is 0 Å². The monoisotopic (exact) mass is 321 g/mol. The van der Waals surface area contributed by atoms with E-state index >= 15 is 0 Å². The molecule has 2 aromatic carbocycles. The van der Waals surface area contributed by atoms with E-state index < -0.39 is 0 Å². The molecule has 2 N–H and O–H groups in total. The molecule has 124 valence electrons.